The van der Waals surface area contributed by atoms with E-state index in [0.29, 0.717) is 0 Å². The Morgan fingerprint density at radius 3 is 0.974 bits per heavy atom. The lowest BCUT2D eigenvalue weighted by Gasteiger charge is -2.38. The van der Waals surface area contributed by atoms with Crippen LogP contribution in [0.1, 0.15) is 52.4 Å². The van der Waals surface area contributed by atoms with E-state index in [1.807, 2.05) is 0 Å². The molecule has 0 nitrogen and oxygen atoms in total. The zero-order valence-electron chi connectivity index (χ0n) is 22.5. The van der Waals surface area contributed by atoms with Crippen LogP contribution in [0.25, 0.3) is 0 Å². The van der Waals surface area contributed by atoms with E-state index in [-0.39, 0.29) is 0 Å². The summed E-state index contributed by atoms with van der Waals surface area (Å²) in [6.07, 6.45) is 6.73. The van der Waals surface area contributed by atoms with Crippen molar-refractivity contribution in [3.8, 4) is 0 Å². The van der Waals surface area contributed by atoms with Gasteiger partial charge in [-0.2, -0.15) is 0 Å². The van der Waals surface area contributed by atoms with E-state index >= 15 is 0 Å². The molecule has 0 spiro atoms. The molecular formula is C34H38P2S2. The minimum absolute atomic E-state index is 1.06. The van der Waals surface area contributed by atoms with Gasteiger partial charge in [0.2, 0.25) is 0 Å². The minimum atomic E-state index is -2.46. The van der Waals surface area contributed by atoms with Crippen molar-refractivity contribution in [1.82, 2.24) is 0 Å². The Bertz CT molecular complexity index is 1220. The molecule has 0 saturated heterocycles. The molecule has 0 aliphatic rings. The number of rotatable bonds is 12. The first-order chi connectivity index (χ1) is 18.6. The van der Waals surface area contributed by atoms with Gasteiger partial charge in [0, 0.05) is 17.1 Å². The Balaban J connectivity index is 2.20. The Morgan fingerprint density at radius 2 is 0.737 bits per heavy atom. The summed E-state index contributed by atoms with van der Waals surface area (Å²) in [6.45, 7) is 4.57. The fraction of sp³-hybridized carbons (Fsp3) is 0.235. The third-order valence-electron chi connectivity index (χ3n) is 7.06. The number of unbranched alkanes of at least 4 members (excludes halogenated alkanes) is 2. The molecule has 0 aliphatic heterocycles. The predicted octanol–water partition coefficient (Wildman–Crippen LogP) is 8.84. The smallest absolute Gasteiger partial charge is 0.0396 e. The number of hydrogen-bond donors (Lipinski definition) is 0. The van der Waals surface area contributed by atoms with Gasteiger partial charge in [-0.15, -0.1) is 0 Å². The molecule has 0 unspecified atom stereocenters. The van der Waals surface area contributed by atoms with E-state index in [1.54, 1.807) is 0 Å². The highest BCUT2D eigenvalue weighted by molar-refractivity contribution is 8.35. The number of benzene rings is 4. The van der Waals surface area contributed by atoms with Crippen LogP contribution in [0.2, 0.25) is 0 Å². The van der Waals surface area contributed by atoms with Gasteiger partial charge in [-0.25, -0.2) is 0 Å². The number of hydrogen-bond acceptors (Lipinski definition) is 2. The summed E-state index contributed by atoms with van der Waals surface area (Å²) in [4.78, 5) is 0. The first-order valence-electron chi connectivity index (χ1n) is 13.7. The molecule has 0 aromatic heterocycles. The standard InChI is InChI=1S/C34H38P2S2/c1-3-5-19-29(20-6-4-2)34(35(37,30-21-11-7-12-22-30)31-23-13-8-14-24-31)36(38,32-25-15-9-16-26-32)33-27-17-10-18-28-33/h7-18,21-28H,3-6,19-20H2,1-2H3. The third kappa shape index (κ3) is 6.05. The zero-order chi connectivity index (χ0) is 26.8. The molecule has 4 aromatic carbocycles. The van der Waals surface area contributed by atoms with Crippen molar-refractivity contribution in [2.45, 2.75) is 52.4 Å². The molecule has 0 aliphatic carbocycles. The molecule has 0 N–H and O–H groups in total. The Morgan fingerprint density at radius 1 is 0.474 bits per heavy atom. The van der Waals surface area contributed by atoms with E-state index in [0.717, 1.165) is 38.5 Å². The molecule has 0 heterocycles. The van der Waals surface area contributed by atoms with Gasteiger partial charge in [-0.1, -0.05) is 177 Å². The second kappa shape index (κ2) is 13.8. The van der Waals surface area contributed by atoms with Crippen LogP contribution in [0.4, 0.5) is 0 Å². The fourth-order valence-electron chi connectivity index (χ4n) is 5.11. The second-order valence-electron chi connectivity index (χ2n) is 9.70. The lowest BCUT2D eigenvalue weighted by Crippen LogP contribution is -2.25. The van der Waals surface area contributed by atoms with Crippen molar-refractivity contribution in [2.75, 3.05) is 0 Å². The largest absolute Gasteiger partial charge is 0.0825 e. The quantitative estimate of drug-likeness (QED) is 0.156. The van der Waals surface area contributed by atoms with Crippen molar-refractivity contribution < 1.29 is 0 Å². The molecule has 4 aromatic rings. The highest BCUT2D eigenvalue weighted by Crippen LogP contribution is 2.71. The van der Waals surface area contributed by atoms with Crippen LogP contribution in [0.5, 0.6) is 0 Å². The van der Waals surface area contributed by atoms with E-state index in [9.17, 15) is 0 Å². The van der Waals surface area contributed by atoms with Crippen LogP contribution in [0, 0.1) is 0 Å². The van der Waals surface area contributed by atoms with Gasteiger partial charge >= 0.3 is 0 Å². The predicted molar refractivity (Wildman–Crippen MR) is 179 cm³/mol. The van der Waals surface area contributed by atoms with Crippen molar-refractivity contribution in [3.63, 3.8) is 0 Å². The molecule has 4 rings (SSSR count). The highest BCUT2D eigenvalue weighted by atomic mass is 32.5. The zero-order valence-corrected chi connectivity index (χ0v) is 25.9. The molecule has 0 radical (unpaired) electrons. The minimum Gasteiger partial charge on any atom is -0.0825 e. The fourth-order valence-corrected chi connectivity index (χ4v) is 18.3. The summed E-state index contributed by atoms with van der Waals surface area (Å²) in [5.74, 6) is 0. The Labute approximate surface area is 240 Å². The second-order valence-corrected chi connectivity index (χ2v) is 18.7. The summed E-state index contributed by atoms with van der Waals surface area (Å²) in [5, 5.41) is 6.35. The molecule has 0 fully saturated rings. The third-order valence-corrected chi connectivity index (χ3v) is 19.2. The molecule has 4 heteroatoms. The average molecular weight is 573 g/mol. The Hall–Kier alpha value is -2.08. The maximum atomic E-state index is 7.10. The summed E-state index contributed by atoms with van der Waals surface area (Å²) >= 11 is 14.2. The Kier molecular flexibility index (Phi) is 10.5. The van der Waals surface area contributed by atoms with E-state index in [1.165, 1.54) is 31.8 Å². The van der Waals surface area contributed by atoms with Crippen LogP contribution in [0.15, 0.2) is 132 Å². The van der Waals surface area contributed by atoms with Crippen molar-refractivity contribution in [1.29, 1.82) is 0 Å². The first-order valence-corrected chi connectivity index (χ1v) is 19.3. The number of allylic oxidation sites excluding steroid dienone is 1. The van der Waals surface area contributed by atoms with Gasteiger partial charge in [-0.3, -0.25) is 0 Å². The van der Waals surface area contributed by atoms with Gasteiger partial charge in [-0.05, 0) is 46.9 Å². The summed E-state index contributed by atoms with van der Waals surface area (Å²) in [6, 6.07) is 38.6. The van der Waals surface area contributed by atoms with Crippen LogP contribution in [-0.4, -0.2) is 0 Å². The van der Waals surface area contributed by atoms with Gasteiger partial charge in [0.15, 0.2) is 0 Å². The molecule has 0 atom stereocenters. The molecule has 38 heavy (non-hydrogen) atoms. The monoisotopic (exact) mass is 572 g/mol. The van der Waals surface area contributed by atoms with Crippen LogP contribution < -0.4 is 21.2 Å². The molecule has 0 saturated carbocycles. The first kappa shape index (κ1) is 28.9. The maximum Gasteiger partial charge on any atom is 0.0396 e. The van der Waals surface area contributed by atoms with Crippen LogP contribution >= 0.6 is 12.1 Å². The summed E-state index contributed by atoms with van der Waals surface area (Å²) in [5.41, 5.74) is 1.51. The summed E-state index contributed by atoms with van der Waals surface area (Å²) < 4.78 is 0. The van der Waals surface area contributed by atoms with Gasteiger partial charge < -0.3 is 0 Å². The lowest BCUT2D eigenvalue weighted by atomic mass is 10.0. The lowest BCUT2D eigenvalue weighted by molar-refractivity contribution is 0.713. The van der Waals surface area contributed by atoms with Crippen molar-refractivity contribution in [3.05, 3.63) is 132 Å². The van der Waals surface area contributed by atoms with E-state index < -0.39 is 12.1 Å². The highest BCUT2D eigenvalue weighted by Gasteiger charge is 2.40. The van der Waals surface area contributed by atoms with Crippen molar-refractivity contribution >= 4 is 56.9 Å². The normalized spacial score (nSPS) is 11.7. The van der Waals surface area contributed by atoms with Gasteiger partial charge in [0.05, 0.1) is 0 Å². The SMILES string of the molecule is CCCCC(CCCC)=C(P(=S)(c1ccccc1)c1ccccc1)P(=S)(c1ccccc1)c1ccccc1. The topological polar surface area (TPSA) is 0 Å². The van der Waals surface area contributed by atoms with E-state index in [4.69, 9.17) is 23.6 Å². The van der Waals surface area contributed by atoms with Gasteiger partial charge in [0.25, 0.3) is 0 Å². The molecule has 196 valence electrons. The molecule has 0 amide bonds. The van der Waals surface area contributed by atoms with Crippen LogP contribution in [-0.2, 0) is 23.6 Å². The van der Waals surface area contributed by atoms with E-state index in [2.05, 4.69) is 135 Å². The average Bonchev–Trinajstić information content (AvgIpc) is 2.99. The van der Waals surface area contributed by atoms with Crippen LogP contribution in [0.3, 0.4) is 0 Å². The van der Waals surface area contributed by atoms with Gasteiger partial charge in [0.1, 0.15) is 0 Å². The summed E-state index contributed by atoms with van der Waals surface area (Å²) in [7, 11) is 0. The maximum absolute atomic E-state index is 7.10. The molecular weight excluding hydrogens is 534 g/mol. The molecule has 0 bridgehead atoms. The van der Waals surface area contributed by atoms with Crippen molar-refractivity contribution in [2.24, 2.45) is 0 Å².